The van der Waals surface area contributed by atoms with Crippen LogP contribution in [0.5, 0.6) is 0 Å². The van der Waals surface area contributed by atoms with Gasteiger partial charge in [-0.25, -0.2) is 0 Å². The highest BCUT2D eigenvalue weighted by Crippen LogP contribution is 2.50. The molecule has 25 heavy (non-hydrogen) atoms. The molecule has 0 aromatic rings. The SMILES string of the molecule is CC/C=C/CCCCCCCCOP(=S)(OCCC#N)OCCC#N. The molecule has 0 radical (unpaired) electrons. The second-order valence-corrected chi connectivity index (χ2v) is 8.56. The number of allylic oxidation sites excluding steroid dienone is 2. The quantitative estimate of drug-likeness (QED) is 0.179. The Kier molecular flexibility index (Phi) is 17.5. The fourth-order valence-electron chi connectivity index (χ4n) is 2.05. The Hall–Kier alpha value is -0.750. The summed E-state index contributed by atoms with van der Waals surface area (Å²) in [4.78, 5) is 0. The van der Waals surface area contributed by atoms with E-state index in [1.807, 2.05) is 12.1 Å². The third-order valence-corrected chi connectivity index (χ3v) is 5.79. The van der Waals surface area contributed by atoms with Crippen molar-refractivity contribution >= 4 is 18.5 Å². The smallest absolute Gasteiger partial charge is 0.309 e. The van der Waals surface area contributed by atoms with Crippen LogP contribution in [0.1, 0.15) is 71.1 Å². The maximum absolute atomic E-state index is 8.57. The lowest BCUT2D eigenvalue weighted by atomic mass is 10.1. The zero-order chi connectivity index (χ0) is 18.6. The number of rotatable bonds is 17. The first kappa shape index (κ1) is 24.2. The van der Waals surface area contributed by atoms with Gasteiger partial charge in [0.1, 0.15) is 0 Å². The molecule has 0 heterocycles. The third-order valence-electron chi connectivity index (χ3n) is 3.34. The van der Waals surface area contributed by atoms with Crippen LogP contribution in [0.2, 0.25) is 0 Å². The minimum atomic E-state index is -2.83. The molecule has 0 aromatic heterocycles. The van der Waals surface area contributed by atoms with Gasteiger partial charge in [0, 0.05) is 0 Å². The van der Waals surface area contributed by atoms with Gasteiger partial charge in [-0.3, -0.25) is 0 Å². The van der Waals surface area contributed by atoms with Gasteiger partial charge in [0.2, 0.25) is 0 Å². The Morgan fingerprint density at radius 3 is 1.88 bits per heavy atom. The van der Waals surface area contributed by atoms with Gasteiger partial charge in [-0.1, -0.05) is 44.8 Å². The molecule has 0 spiro atoms. The lowest BCUT2D eigenvalue weighted by Gasteiger charge is -2.21. The van der Waals surface area contributed by atoms with E-state index in [4.69, 9.17) is 35.9 Å². The van der Waals surface area contributed by atoms with E-state index in [1.165, 1.54) is 32.1 Å². The Labute approximate surface area is 158 Å². The summed E-state index contributed by atoms with van der Waals surface area (Å²) in [6.45, 7) is 0.220. The summed E-state index contributed by atoms with van der Waals surface area (Å²) in [6.07, 6.45) is 14.2. The molecule has 0 bridgehead atoms. The number of hydrogen-bond acceptors (Lipinski definition) is 6. The molecule has 0 unspecified atom stereocenters. The van der Waals surface area contributed by atoms with Gasteiger partial charge in [0.05, 0.1) is 44.8 Å². The van der Waals surface area contributed by atoms with Crippen molar-refractivity contribution in [2.75, 3.05) is 19.8 Å². The zero-order valence-electron chi connectivity index (χ0n) is 15.3. The van der Waals surface area contributed by atoms with Gasteiger partial charge < -0.3 is 13.6 Å². The van der Waals surface area contributed by atoms with Crippen molar-refractivity contribution < 1.29 is 13.6 Å². The molecule has 0 atom stereocenters. The Balaban J connectivity index is 3.79. The van der Waals surface area contributed by atoms with Gasteiger partial charge in [0.25, 0.3) is 0 Å². The summed E-state index contributed by atoms with van der Waals surface area (Å²) in [5.41, 5.74) is 0. The lowest BCUT2D eigenvalue weighted by Crippen LogP contribution is -2.03. The van der Waals surface area contributed by atoms with Crippen molar-refractivity contribution in [1.82, 2.24) is 0 Å². The van der Waals surface area contributed by atoms with Crippen molar-refractivity contribution in [3.8, 4) is 12.1 Å². The highest BCUT2D eigenvalue weighted by atomic mass is 32.5. The molecule has 0 N–H and O–H groups in total. The van der Waals surface area contributed by atoms with Crippen molar-refractivity contribution in [3.05, 3.63) is 12.2 Å². The molecule has 0 rings (SSSR count). The molecule has 0 amide bonds. The summed E-state index contributed by atoms with van der Waals surface area (Å²) in [5, 5.41) is 17.1. The van der Waals surface area contributed by atoms with E-state index in [-0.39, 0.29) is 26.1 Å². The molecular weight excluding hydrogens is 355 g/mol. The van der Waals surface area contributed by atoms with Crippen molar-refractivity contribution in [2.24, 2.45) is 0 Å². The van der Waals surface area contributed by atoms with E-state index in [9.17, 15) is 0 Å². The van der Waals surface area contributed by atoms with Gasteiger partial charge >= 0.3 is 6.72 Å². The molecule has 0 aliphatic heterocycles. The summed E-state index contributed by atoms with van der Waals surface area (Å²) in [7, 11) is 0. The number of nitrogens with zero attached hydrogens (tertiary/aromatic N) is 2. The van der Waals surface area contributed by atoms with Crippen molar-refractivity contribution in [1.29, 1.82) is 10.5 Å². The van der Waals surface area contributed by atoms with Crippen LogP contribution < -0.4 is 0 Å². The van der Waals surface area contributed by atoms with Crippen LogP contribution in [0, 0.1) is 22.7 Å². The fourth-order valence-corrected chi connectivity index (χ4v) is 3.93. The van der Waals surface area contributed by atoms with Gasteiger partial charge in [-0.2, -0.15) is 10.5 Å². The molecule has 0 saturated heterocycles. The minimum Gasteiger partial charge on any atom is -0.309 e. The summed E-state index contributed by atoms with van der Waals surface area (Å²) >= 11 is 5.32. The van der Waals surface area contributed by atoms with Crippen LogP contribution in [-0.4, -0.2) is 19.8 Å². The van der Waals surface area contributed by atoms with E-state index in [0.29, 0.717) is 6.61 Å². The van der Waals surface area contributed by atoms with Gasteiger partial charge in [-0.15, -0.1) is 0 Å². The molecule has 0 saturated carbocycles. The first-order valence-corrected chi connectivity index (χ1v) is 11.7. The predicted molar refractivity (Wildman–Crippen MR) is 104 cm³/mol. The summed E-state index contributed by atoms with van der Waals surface area (Å²) < 4.78 is 16.6. The van der Waals surface area contributed by atoms with Crippen LogP contribution in [0.15, 0.2) is 12.2 Å². The van der Waals surface area contributed by atoms with Crippen LogP contribution in [-0.2, 0) is 25.4 Å². The number of hydrogen-bond donors (Lipinski definition) is 0. The fraction of sp³-hybridized carbons (Fsp3) is 0.778. The highest BCUT2D eigenvalue weighted by Gasteiger charge is 2.20. The Morgan fingerprint density at radius 1 is 0.800 bits per heavy atom. The number of nitriles is 2. The van der Waals surface area contributed by atoms with E-state index in [0.717, 1.165) is 19.3 Å². The van der Waals surface area contributed by atoms with Crippen LogP contribution >= 0.6 is 6.72 Å². The predicted octanol–water partition coefficient (Wildman–Crippen LogP) is 5.78. The molecule has 0 aliphatic rings. The summed E-state index contributed by atoms with van der Waals surface area (Å²) in [6, 6.07) is 4.00. The highest BCUT2D eigenvalue weighted by molar-refractivity contribution is 8.07. The second-order valence-electron chi connectivity index (χ2n) is 5.55. The van der Waals surface area contributed by atoms with E-state index >= 15 is 0 Å². The molecule has 0 aromatic carbocycles. The van der Waals surface area contributed by atoms with Gasteiger partial charge in [-0.05, 0) is 37.5 Å². The largest absolute Gasteiger partial charge is 0.327 e. The van der Waals surface area contributed by atoms with E-state index in [2.05, 4.69) is 19.1 Å². The third kappa shape index (κ3) is 16.5. The van der Waals surface area contributed by atoms with Crippen LogP contribution in [0.3, 0.4) is 0 Å². The molecule has 7 heteroatoms. The van der Waals surface area contributed by atoms with E-state index < -0.39 is 6.72 Å². The Bertz CT molecular complexity index is 448. The first-order chi connectivity index (χ1) is 12.2. The average Bonchev–Trinajstić information content (AvgIpc) is 2.60. The maximum Gasteiger partial charge on any atom is 0.327 e. The van der Waals surface area contributed by atoms with E-state index in [1.54, 1.807) is 0 Å². The standard InChI is InChI=1S/C18H31N2O3PS/c1-2-3-4-5-6-7-8-9-10-11-16-21-24(25,22-17-12-14-19)23-18-13-15-20/h3-4H,2,5-13,16-18H2,1H3/b4-3+. The lowest BCUT2D eigenvalue weighted by molar-refractivity contribution is 0.158. The normalized spacial score (nSPS) is 11.5. The number of unbranched alkanes of at least 4 members (excludes halogenated alkanes) is 6. The monoisotopic (exact) mass is 386 g/mol. The average molecular weight is 386 g/mol. The molecule has 142 valence electrons. The van der Waals surface area contributed by atoms with Crippen LogP contribution in [0.4, 0.5) is 0 Å². The molecule has 0 aliphatic carbocycles. The maximum atomic E-state index is 8.57. The topological polar surface area (TPSA) is 75.3 Å². The molecular formula is C18H31N2O3PS. The Morgan fingerprint density at radius 2 is 1.32 bits per heavy atom. The second kappa shape index (κ2) is 18.1. The molecule has 0 fully saturated rings. The minimum absolute atomic E-state index is 0.201. The summed E-state index contributed by atoms with van der Waals surface area (Å²) in [5.74, 6) is 0. The zero-order valence-corrected chi connectivity index (χ0v) is 17.0. The molecule has 5 nitrogen and oxygen atoms in total. The van der Waals surface area contributed by atoms with Crippen molar-refractivity contribution in [2.45, 2.75) is 71.1 Å². The van der Waals surface area contributed by atoms with Crippen molar-refractivity contribution in [3.63, 3.8) is 0 Å². The first-order valence-electron chi connectivity index (χ1n) is 9.11. The van der Waals surface area contributed by atoms with Gasteiger partial charge in [0.15, 0.2) is 0 Å². The van der Waals surface area contributed by atoms with Crippen LogP contribution in [0.25, 0.3) is 0 Å².